The van der Waals surface area contributed by atoms with Gasteiger partial charge in [-0.05, 0) is 46.1 Å². The summed E-state index contributed by atoms with van der Waals surface area (Å²) in [6.45, 7) is 2.98. The number of nitrogens with one attached hydrogen (secondary N) is 1. The van der Waals surface area contributed by atoms with Crippen molar-refractivity contribution >= 4 is 21.6 Å². The third-order valence-electron chi connectivity index (χ3n) is 3.18. The fraction of sp³-hybridized carbons (Fsp3) is 0.533. The molecule has 22 heavy (non-hydrogen) atoms. The van der Waals surface area contributed by atoms with Gasteiger partial charge in [0.25, 0.3) is 0 Å². The molecule has 0 radical (unpaired) electrons. The molecule has 0 aromatic heterocycles. The Hall–Kier alpha value is -1.60. The quantitative estimate of drug-likeness (QED) is 0.721. The Labute approximate surface area is 133 Å². The molecule has 0 aliphatic carbocycles. The number of carbonyl (C=O) groups excluding carboxylic acids is 1. The molecule has 1 aromatic carbocycles. The number of anilines is 1. The largest absolute Gasteiger partial charge is 0.354 e. The second kappa shape index (κ2) is 8.14. The van der Waals surface area contributed by atoms with Crippen molar-refractivity contribution in [1.29, 1.82) is 0 Å². The molecule has 0 fully saturated rings. The smallest absolute Gasteiger partial charge is 0.243 e. The maximum atomic E-state index is 12.2. The minimum absolute atomic E-state index is 0.298. The number of para-hydroxylation sites is 1. The molecular weight excluding hydrogens is 302 g/mol. The fourth-order valence-corrected chi connectivity index (χ4v) is 3.31. The molecule has 6 nitrogen and oxygen atoms in total. The Morgan fingerprint density at radius 1 is 1.23 bits per heavy atom. The Bertz CT molecular complexity index is 573. The number of hydrogen-bond acceptors (Lipinski definition) is 4. The van der Waals surface area contributed by atoms with Crippen molar-refractivity contribution in [2.24, 2.45) is 0 Å². The predicted molar refractivity (Wildman–Crippen MR) is 89.4 cm³/mol. The predicted octanol–water partition coefficient (Wildman–Crippen LogP) is 0.909. The number of benzene rings is 1. The molecule has 1 N–H and O–H groups in total. The lowest BCUT2D eigenvalue weighted by Gasteiger charge is -2.28. The molecular formula is C15H25N3O3S. The first-order chi connectivity index (χ1) is 10.2. The second-order valence-electron chi connectivity index (χ2n) is 5.52. The van der Waals surface area contributed by atoms with Crippen LogP contribution in [0.3, 0.4) is 0 Å². The third-order valence-corrected chi connectivity index (χ3v) is 4.42. The van der Waals surface area contributed by atoms with E-state index in [-0.39, 0.29) is 5.91 Å². The van der Waals surface area contributed by atoms with Crippen LogP contribution in [0.5, 0.6) is 0 Å². The van der Waals surface area contributed by atoms with Crippen LogP contribution in [0.1, 0.15) is 13.3 Å². The molecule has 1 atom stereocenters. The van der Waals surface area contributed by atoms with Gasteiger partial charge in [-0.2, -0.15) is 0 Å². The summed E-state index contributed by atoms with van der Waals surface area (Å²) in [7, 11) is 0.385. The lowest BCUT2D eigenvalue weighted by molar-refractivity contribution is -0.121. The van der Waals surface area contributed by atoms with E-state index in [1.54, 1.807) is 37.3 Å². The molecule has 7 heteroatoms. The number of rotatable bonds is 8. The standard InChI is InChI=1S/C15H25N3O3S/c1-13(15(19)16-11-8-12-17(2)3)18(22(4,20)21)14-9-6-5-7-10-14/h5-7,9-10,13H,8,11-12H2,1-4H3,(H,16,19)/t13-/m0/s1. The Kier molecular flexibility index (Phi) is 6.83. The van der Waals surface area contributed by atoms with E-state index < -0.39 is 16.1 Å². The molecule has 1 rings (SSSR count). The van der Waals surface area contributed by atoms with Crippen molar-refractivity contribution in [3.05, 3.63) is 30.3 Å². The van der Waals surface area contributed by atoms with Crippen LogP contribution in [0.2, 0.25) is 0 Å². The molecule has 0 bridgehead atoms. The number of carbonyl (C=O) groups is 1. The van der Waals surface area contributed by atoms with Gasteiger partial charge in [-0.15, -0.1) is 0 Å². The van der Waals surface area contributed by atoms with Crippen LogP contribution < -0.4 is 9.62 Å². The number of hydrogen-bond donors (Lipinski definition) is 1. The van der Waals surface area contributed by atoms with Gasteiger partial charge >= 0.3 is 0 Å². The third kappa shape index (κ3) is 5.65. The molecule has 0 saturated heterocycles. The van der Waals surface area contributed by atoms with Gasteiger partial charge in [0.15, 0.2) is 0 Å². The highest BCUT2D eigenvalue weighted by atomic mass is 32.2. The normalized spacial score (nSPS) is 13.0. The van der Waals surface area contributed by atoms with Gasteiger partial charge in [-0.3, -0.25) is 9.10 Å². The van der Waals surface area contributed by atoms with E-state index in [9.17, 15) is 13.2 Å². The van der Waals surface area contributed by atoms with E-state index in [1.165, 1.54) is 0 Å². The van der Waals surface area contributed by atoms with E-state index in [2.05, 4.69) is 5.32 Å². The van der Waals surface area contributed by atoms with Crippen LogP contribution in [-0.2, 0) is 14.8 Å². The summed E-state index contributed by atoms with van der Waals surface area (Å²) in [5.41, 5.74) is 0.487. The maximum absolute atomic E-state index is 12.2. The zero-order valence-corrected chi connectivity index (χ0v) is 14.4. The number of amides is 1. The summed E-state index contributed by atoms with van der Waals surface area (Å²) in [6.07, 6.45) is 1.92. The van der Waals surface area contributed by atoms with Gasteiger partial charge in [-0.25, -0.2) is 8.42 Å². The summed E-state index contributed by atoms with van der Waals surface area (Å²) in [5, 5.41) is 2.79. The zero-order valence-electron chi connectivity index (χ0n) is 13.6. The summed E-state index contributed by atoms with van der Waals surface area (Å²) in [5.74, 6) is -0.298. The first-order valence-corrected chi connectivity index (χ1v) is 9.05. The van der Waals surface area contributed by atoms with E-state index >= 15 is 0 Å². The van der Waals surface area contributed by atoms with Crippen LogP contribution in [-0.4, -0.2) is 58.7 Å². The summed E-state index contributed by atoms with van der Waals surface area (Å²) in [6, 6.07) is 7.85. The average Bonchev–Trinajstić information content (AvgIpc) is 2.42. The van der Waals surface area contributed by atoms with E-state index in [0.717, 1.165) is 23.5 Å². The highest BCUT2D eigenvalue weighted by molar-refractivity contribution is 7.92. The maximum Gasteiger partial charge on any atom is 0.243 e. The molecule has 0 heterocycles. The molecule has 0 aliphatic rings. The Balaban J connectivity index is 2.77. The van der Waals surface area contributed by atoms with E-state index in [1.807, 2.05) is 19.0 Å². The van der Waals surface area contributed by atoms with Crippen LogP contribution in [0.25, 0.3) is 0 Å². The van der Waals surface area contributed by atoms with Crippen LogP contribution in [0.4, 0.5) is 5.69 Å². The molecule has 1 aromatic rings. The lowest BCUT2D eigenvalue weighted by Crippen LogP contribution is -2.48. The average molecular weight is 327 g/mol. The van der Waals surface area contributed by atoms with Crippen molar-refractivity contribution in [2.45, 2.75) is 19.4 Å². The van der Waals surface area contributed by atoms with Gasteiger partial charge < -0.3 is 10.2 Å². The highest BCUT2D eigenvalue weighted by Crippen LogP contribution is 2.20. The van der Waals surface area contributed by atoms with E-state index in [0.29, 0.717) is 12.2 Å². The van der Waals surface area contributed by atoms with Crippen molar-refractivity contribution in [3.63, 3.8) is 0 Å². The Morgan fingerprint density at radius 2 is 1.82 bits per heavy atom. The number of nitrogens with zero attached hydrogens (tertiary/aromatic N) is 2. The van der Waals surface area contributed by atoms with Gasteiger partial charge in [0.2, 0.25) is 15.9 Å². The topological polar surface area (TPSA) is 69.7 Å². The molecule has 0 aliphatic heterocycles. The van der Waals surface area contributed by atoms with Crippen molar-refractivity contribution in [2.75, 3.05) is 37.7 Å². The summed E-state index contributed by atoms with van der Waals surface area (Å²) < 4.78 is 25.2. The van der Waals surface area contributed by atoms with Gasteiger partial charge in [-0.1, -0.05) is 18.2 Å². The number of sulfonamides is 1. The SMILES string of the molecule is C[C@@H](C(=O)NCCCN(C)C)N(c1ccccc1)S(C)(=O)=O. The molecule has 0 unspecified atom stereocenters. The van der Waals surface area contributed by atoms with Crippen LogP contribution in [0, 0.1) is 0 Å². The highest BCUT2D eigenvalue weighted by Gasteiger charge is 2.28. The molecule has 1 amide bonds. The fourth-order valence-electron chi connectivity index (χ4n) is 2.14. The lowest BCUT2D eigenvalue weighted by atomic mass is 10.2. The zero-order chi connectivity index (χ0) is 16.8. The van der Waals surface area contributed by atoms with Crippen molar-refractivity contribution < 1.29 is 13.2 Å². The van der Waals surface area contributed by atoms with Gasteiger partial charge in [0.05, 0.1) is 11.9 Å². The van der Waals surface area contributed by atoms with E-state index in [4.69, 9.17) is 0 Å². The van der Waals surface area contributed by atoms with Crippen molar-refractivity contribution in [1.82, 2.24) is 10.2 Å². The first kappa shape index (κ1) is 18.4. The second-order valence-corrected chi connectivity index (χ2v) is 7.38. The summed E-state index contributed by atoms with van der Waals surface area (Å²) in [4.78, 5) is 14.2. The minimum atomic E-state index is -3.54. The van der Waals surface area contributed by atoms with Gasteiger partial charge in [0.1, 0.15) is 6.04 Å². The molecule has 124 valence electrons. The van der Waals surface area contributed by atoms with Crippen LogP contribution in [0.15, 0.2) is 30.3 Å². The van der Waals surface area contributed by atoms with Gasteiger partial charge in [0, 0.05) is 6.54 Å². The molecule has 0 saturated carbocycles. The Morgan fingerprint density at radius 3 is 2.32 bits per heavy atom. The molecule has 0 spiro atoms. The first-order valence-electron chi connectivity index (χ1n) is 7.20. The summed E-state index contributed by atoms with van der Waals surface area (Å²) >= 11 is 0. The minimum Gasteiger partial charge on any atom is -0.354 e. The monoisotopic (exact) mass is 327 g/mol. The van der Waals surface area contributed by atoms with Crippen molar-refractivity contribution in [3.8, 4) is 0 Å². The van der Waals surface area contributed by atoms with Crippen LogP contribution >= 0.6 is 0 Å².